The van der Waals surface area contributed by atoms with E-state index in [0.29, 0.717) is 29.1 Å². The lowest BCUT2D eigenvalue weighted by atomic mass is 10.1. The zero-order valence-corrected chi connectivity index (χ0v) is 15.0. The Morgan fingerprint density at radius 1 is 1.29 bits per heavy atom. The van der Waals surface area contributed by atoms with Crippen LogP contribution < -0.4 is 5.56 Å². The van der Waals surface area contributed by atoms with Crippen molar-refractivity contribution in [2.24, 2.45) is 0 Å². The van der Waals surface area contributed by atoms with Crippen molar-refractivity contribution in [3.8, 4) is 0 Å². The summed E-state index contributed by atoms with van der Waals surface area (Å²) in [5.41, 5.74) is 2.01. The first kappa shape index (κ1) is 16.8. The van der Waals surface area contributed by atoms with Crippen LogP contribution in [0, 0.1) is 13.8 Å². The van der Waals surface area contributed by atoms with E-state index in [1.54, 1.807) is 18.5 Å². The molecule has 0 saturated carbocycles. The molecule has 9 heteroatoms. The lowest BCUT2D eigenvalue weighted by Gasteiger charge is -2.26. The molecule has 0 saturated heterocycles. The van der Waals surface area contributed by atoms with Gasteiger partial charge in [0.25, 0.3) is 5.56 Å². The van der Waals surface area contributed by atoms with Crippen LogP contribution in [0.25, 0.3) is 0 Å². The monoisotopic (exact) mass is 351 g/mol. The van der Waals surface area contributed by atoms with Gasteiger partial charge < -0.3 is 4.98 Å². The largest absolute Gasteiger partial charge is 0.313 e. The number of fused-ring (bicyclic) bond motifs is 1. The third kappa shape index (κ3) is 2.57. The molecular weight excluding hydrogens is 330 g/mol. The fourth-order valence-electron chi connectivity index (χ4n) is 3.20. The van der Waals surface area contributed by atoms with E-state index in [0.717, 1.165) is 0 Å². The third-order valence-electron chi connectivity index (χ3n) is 4.32. The maximum Gasteiger partial charge on any atom is 0.254 e. The Kier molecular flexibility index (Phi) is 4.08. The highest BCUT2D eigenvalue weighted by Gasteiger charge is 2.34. The first-order valence-corrected chi connectivity index (χ1v) is 9.28. The molecule has 0 fully saturated rings. The fraction of sp³-hybridized carbons (Fsp3) is 0.533. The minimum atomic E-state index is -3.69. The van der Waals surface area contributed by atoms with Crippen molar-refractivity contribution < 1.29 is 8.42 Å². The van der Waals surface area contributed by atoms with E-state index < -0.39 is 10.0 Å². The summed E-state index contributed by atoms with van der Waals surface area (Å²) < 4.78 is 29.3. The fourth-order valence-corrected chi connectivity index (χ4v) is 4.96. The number of sulfonamides is 1. The van der Waals surface area contributed by atoms with Gasteiger partial charge >= 0.3 is 0 Å². The second-order valence-corrected chi connectivity index (χ2v) is 8.16. The van der Waals surface area contributed by atoms with Crippen LogP contribution in [0.5, 0.6) is 0 Å². The molecule has 0 bridgehead atoms. The second kappa shape index (κ2) is 5.82. The van der Waals surface area contributed by atoms with Gasteiger partial charge in [-0.15, -0.1) is 0 Å². The van der Waals surface area contributed by atoms with Crippen molar-refractivity contribution in [1.82, 2.24) is 24.1 Å². The quantitative estimate of drug-likeness (QED) is 0.886. The van der Waals surface area contributed by atoms with Crippen LogP contribution in [0.2, 0.25) is 0 Å². The number of hydrogen-bond donors (Lipinski definition) is 1. The molecule has 8 nitrogen and oxygen atoms in total. The molecule has 3 heterocycles. The Labute approximate surface area is 140 Å². The topological polar surface area (TPSA) is 101 Å². The van der Waals surface area contributed by atoms with Crippen LogP contribution in [0.3, 0.4) is 0 Å². The molecule has 130 valence electrons. The van der Waals surface area contributed by atoms with Gasteiger partial charge in [0.15, 0.2) is 0 Å². The zero-order valence-electron chi connectivity index (χ0n) is 14.2. The summed E-state index contributed by atoms with van der Waals surface area (Å²) in [6.07, 6.45) is 1.67. The smallest absolute Gasteiger partial charge is 0.254 e. The lowest BCUT2D eigenvalue weighted by molar-refractivity contribution is 0.382. The number of nitrogens with zero attached hydrogens (tertiary/aromatic N) is 4. The SMILES string of the molecule is Cc1nn(C(C)C)c(C)c1S(=O)(=O)N1CCc2c(nc[nH]c2=O)C1. The Morgan fingerprint density at radius 3 is 2.62 bits per heavy atom. The number of hydrogen-bond acceptors (Lipinski definition) is 5. The van der Waals surface area contributed by atoms with Gasteiger partial charge in [-0.25, -0.2) is 13.4 Å². The van der Waals surface area contributed by atoms with E-state index in [4.69, 9.17) is 0 Å². The van der Waals surface area contributed by atoms with Crippen molar-refractivity contribution in [3.05, 3.63) is 39.3 Å². The average Bonchev–Trinajstić information content (AvgIpc) is 2.82. The number of nitrogens with one attached hydrogen (secondary N) is 1. The number of aromatic nitrogens is 4. The van der Waals surface area contributed by atoms with Gasteiger partial charge in [0.2, 0.25) is 10.0 Å². The summed E-state index contributed by atoms with van der Waals surface area (Å²) >= 11 is 0. The third-order valence-corrected chi connectivity index (χ3v) is 6.42. The van der Waals surface area contributed by atoms with Gasteiger partial charge in [-0.05, 0) is 34.1 Å². The molecule has 1 aliphatic heterocycles. The predicted molar refractivity (Wildman–Crippen MR) is 88.2 cm³/mol. The molecule has 1 aliphatic rings. The molecule has 0 aromatic carbocycles. The van der Waals surface area contributed by atoms with Gasteiger partial charge in [-0.1, -0.05) is 0 Å². The highest BCUT2D eigenvalue weighted by atomic mass is 32.2. The summed E-state index contributed by atoms with van der Waals surface area (Å²) in [5.74, 6) is 0. The molecule has 3 rings (SSSR count). The summed E-state index contributed by atoms with van der Waals surface area (Å²) in [4.78, 5) is 18.7. The molecule has 0 radical (unpaired) electrons. The zero-order chi connectivity index (χ0) is 17.6. The van der Waals surface area contributed by atoms with E-state index in [-0.39, 0.29) is 29.6 Å². The molecule has 1 N–H and O–H groups in total. The Bertz CT molecular complexity index is 943. The van der Waals surface area contributed by atoms with Gasteiger partial charge in [0.1, 0.15) is 4.90 Å². The van der Waals surface area contributed by atoms with E-state index >= 15 is 0 Å². The molecule has 2 aromatic rings. The molecule has 24 heavy (non-hydrogen) atoms. The average molecular weight is 351 g/mol. The first-order valence-electron chi connectivity index (χ1n) is 7.84. The van der Waals surface area contributed by atoms with Crippen LogP contribution in [0.1, 0.15) is 42.5 Å². The molecule has 2 aromatic heterocycles. The van der Waals surface area contributed by atoms with Gasteiger partial charge in [-0.3, -0.25) is 9.48 Å². The summed E-state index contributed by atoms with van der Waals surface area (Å²) in [7, 11) is -3.69. The minimum absolute atomic E-state index is 0.0787. The molecule has 0 spiro atoms. The highest BCUT2D eigenvalue weighted by Crippen LogP contribution is 2.28. The van der Waals surface area contributed by atoms with Crippen LogP contribution in [-0.2, 0) is 23.0 Å². The number of aryl methyl sites for hydroxylation is 1. The summed E-state index contributed by atoms with van der Waals surface area (Å²) in [6.45, 7) is 7.77. The Hall–Kier alpha value is -2.00. The van der Waals surface area contributed by atoms with Crippen molar-refractivity contribution in [3.63, 3.8) is 0 Å². The lowest BCUT2D eigenvalue weighted by Crippen LogP contribution is -2.39. The molecule has 0 atom stereocenters. The predicted octanol–water partition coefficient (Wildman–Crippen LogP) is 0.911. The van der Waals surface area contributed by atoms with Crippen LogP contribution in [0.4, 0.5) is 0 Å². The van der Waals surface area contributed by atoms with Gasteiger partial charge in [0, 0.05) is 18.2 Å². The van der Waals surface area contributed by atoms with E-state index in [1.165, 1.54) is 10.6 Å². The van der Waals surface area contributed by atoms with Crippen molar-refractivity contribution >= 4 is 10.0 Å². The Balaban J connectivity index is 2.03. The van der Waals surface area contributed by atoms with Crippen LogP contribution in [-0.4, -0.2) is 39.0 Å². The maximum absolute atomic E-state index is 13.1. The normalized spacial score (nSPS) is 15.7. The van der Waals surface area contributed by atoms with Crippen LogP contribution in [0.15, 0.2) is 16.0 Å². The molecular formula is C15H21N5O3S. The first-order chi connectivity index (χ1) is 11.2. The van der Waals surface area contributed by atoms with E-state index in [9.17, 15) is 13.2 Å². The standard InChI is InChI=1S/C15H21N5O3S/c1-9(2)20-11(4)14(10(3)18-20)24(22,23)19-6-5-12-13(7-19)16-8-17-15(12)21/h8-9H,5-7H2,1-4H3,(H,16,17,21). The minimum Gasteiger partial charge on any atom is -0.313 e. The van der Waals surface area contributed by atoms with Crippen molar-refractivity contribution in [1.29, 1.82) is 0 Å². The van der Waals surface area contributed by atoms with Crippen LogP contribution >= 0.6 is 0 Å². The second-order valence-electron chi connectivity index (χ2n) is 6.28. The van der Waals surface area contributed by atoms with Crippen molar-refractivity contribution in [2.45, 2.75) is 51.6 Å². The van der Waals surface area contributed by atoms with Gasteiger partial charge in [-0.2, -0.15) is 9.40 Å². The highest BCUT2D eigenvalue weighted by molar-refractivity contribution is 7.89. The number of H-pyrrole nitrogens is 1. The van der Waals surface area contributed by atoms with Crippen molar-refractivity contribution in [2.75, 3.05) is 6.54 Å². The van der Waals surface area contributed by atoms with E-state index in [1.807, 2.05) is 13.8 Å². The molecule has 0 amide bonds. The van der Waals surface area contributed by atoms with Gasteiger partial charge in [0.05, 0.1) is 30.0 Å². The Morgan fingerprint density at radius 2 is 2.00 bits per heavy atom. The maximum atomic E-state index is 13.1. The summed E-state index contributed by atoms with van der Waals surface area (Å²) in [5, 5.41) is 4.37. The summed E-state index contributed by atoms with van der Waals surface area (Å²) in [6, 6.07) is 0.0787. The molecule has 0 aliphatic carbocycles. The number of rotatable bonds is 3. The van der Waals surface area contributed by atoms with E-state index in [2.05, 4.69) is 15.1 Å². The number of aromatic amines is 1. The molecule has 0 unspecified atom stereocenters.